The molecule has 14 heavy (non-hydrogen) atoms. The van der Waals surface area contributed by atoms with E-state index in [0.717, 1.165) is 12.2 Å². The first-order valence-electron chi connectivity index (χ1n) is 4.80. The number of hydrogen-bond donors (Lipinski definition) is 0. The first-order chi connectivity index (χ1) is 6.90. The standard InChI is InChI=1S/C12H14O2/c1-13-11-6-4-5-10(9-11)12-7-2-3-8-14-12/h2-6,9,12H,7-8H2,1H3. The molecule has 0 saturated carbocycles. The second kappa shape index (κ2) is 4.29. The Bertz CT molecular complexity index is 331. The molecule has 0 radical (unpaired) electrons. The minimum atomic E-state index is 0.190. The number of hydrogen-bond acceptors (Lipinski definition) is 2. The van der Waals surface area contributed by atoms with Crippen LogP contribution in [-0.2, 0) is 4.74 Å². The molecule has 74 valence electrons. The van der Waals surface area contributed by atoms with Crippen LogP contribution in [0.25, 0.3) is 0 Å². The van der Waals surface area contributed by atoms with Gasteiger partial charge >= 0.3 is 0 Å². The minimum Gasteiger partial charge on any atom is -0.497 e. The molecule has 1 aromatic rings. The van der Waals surface area contributed by atoms with Gasteiger partial charge in [-0.15, -0.1) is 0 Å². The summed E-state index contributed by atoms with van der Waals surface area (Å²) in [5.41, 5.74) is 1.19. The summed E-state index contributed by atoms with van der Waals surface area (Å²) in [6.07, 6.45) is 5.35. The van der Waals surface area contributed by atoms with Gasteiger partial charge in [-0.05, 0) is 24.1 Å². The predicted octanol–water partition coefficient (Wildman–Crippen LogP) is 2.71. The van der Waals surface area contributed by atoms with Gasteiger partial charge < -0.3 is 9.47 Å². The number of methoxy groups -OCH3 is 1. The van der Waals surface area contributed by atoms with E-state index >= 15 is 0 Å². The Labute approximate surface area is 84.2 Å². The summed E-state index contributed by atoms with van der Waals surface area (Å²) in [7, 11) is 1.68. The van der Waals surface area contributed by atoms with Crippen LogP contribution in [0.2, 0.25) is 0 Å². The van der Waals surface area contributed by atoms with Crippen LogP contribution in [0.4, 0.5) is 0 Å². The topological polar surface area (TPSA) is 18.5 Å². The van der Waals surface area contributed by atoms with E-state index in [1.165, 1.54) is 5.56 Å². The van der Waals surface area contributed by atoms with Gasteiger partial charge in [0.1, 0.15) is 5.75 Å². The molecule has 0 aliphatic carbocycles. The van der Waals surface area contributed by atoms with Crippen molar-refractivity contribution in [2.24, 2.45) is 0 Å². The molecular weight excluding hydrogens is 176 g/mol. The summed E-state index contributed by atoms with van der Waals surface area (Å²) in [5.74, 6) is 0.889. The summed E-state index contributed by atoms with van der Waals surface area (Å²) in [6.45, 7) is 0.710. The van der Waals surface area contributed by atoms with E-state index in [2.05, 4.69) is 18.2 Å². The second-order valence-electron chi connectivity index (χ2n) is 3.31. The molecule has 2 rings (SSSR count). The molecule has 0 N–H and O–H groups in total. The zero-order valence-electron chi connectivity index (χ0n) is 8.27. The molecule has 1 aliphatic heterocycles. The Hall–Kier alpha value is -1.28. The van der Waals surface area contributed by atoms with Gasteiger partial charge in [-0.2, -0.15) is 0 Å². The summed E-state index contributed by atoms with van der Waals surface area (Å²) >= 11 is 0. The summed E-state index contributed by atoms with van der Waals surface area (Å²) in [5, 5.41) is 0. The zero-order valence-corrected chi connectivity index (χ0v) is 8.27. The van der Waals surface area contributed by atoms with Crippen molar-refractivity contribution in [1.82, 2.24) is 0 Å². The fourth-order valence-electron chi connectivity index (χ4n) is 1.60. The van der Waals surface area contributed by atoms with E-state index in [1.807, 2.05) is 18.2 Å². The SMILES string of the molecule is COc1cccc(C2CC=CCO2)c1. The quantitative estimate of drug-likeness (QED) is 0.667. The van der Waals surface area contributed by atoms with Crippen LogP contribution in [0, 0.1) is 0 Å². The third kappa shape index (κ3) is 1.96. The van der Waals surface area contributed by atoms with Crippen LogP contribution in [0.15, 0.2) is 36.4 Å². The maximum atomic E-state index is 5.62. The van der Waals surface area contributed by atoms with E-state index in [4.69, 9.17) is 9.47 Å². The number of ether oxygens (including phenoxy) is 2. The molecule has 1 aromatic carbocycles. The number of rotatable bonds is 2. The zero-order chi connectivity index (χ0) is 9.80. The third-order valence-electron chi connectivity index (χ3n) is 2.38. The Morgan fingerprint density at radius 3 is 3.00 bits per heavy atom. The highest BCUT2D eigenvalue weighted by Gasteiger charge is 2.12. The molecule has 1 atom stereocenters. The first kappa shape index (κ1) is 9.28. The molecule has 2 heteroatoms. The highest BCUT2D eigenvalue weighted by atomic mass is 16.5. The first-order valence-corrected chi connectivity index (χ1v) is 4.80. The lowest BCUT2D eigenvalue weighted by Crippen LogP contribution is -2.07. The highest BCUT2D eigenvalue weighted by molar-refractivity contribution is 5.30. The Morgan fingerprint density at radius 2 is 2.29 bits per heavy atom. The van der Waals surface area contributed by atoms with Crippen LogP contribution in [0.5, 0.6) is 5.75 Å². The summed E-state index contributed by atoms with van der Waals surface area (Å²) in [6, 6.07) is 8.05. The van der Waals surface area contributed by atoms with Crippen molar-refractivity contribution in [2.45, 2.75) is 12.5 Å². The molecule has 1 unspecified atom stereocenters. The smallest absolute Gasteiger partial charge is 0.119 e. The molecule has 0 saturated heterocycles. The van der Waals surface area contributed by atoms with Crippen molar-refractivity contribution in [2.75, 3.05) is 13.7 Å². The lowest BCUT2D eigenvalue weighted by molar-refractivity contribution is 0.0676. The van der Waals surface area contributed by atoms with Crippen molar-refractivity contribution < 1.29 is 9.47 Å². The van der Waals surface area contributed by atoms with Crippen molar-refractivity contribution >= 4 is 0 Å². The van der Waals surface area contributed by atoms with Gasteiger partial charge in [0.25, 0.3) is 0 Å². The molecule has 0 aromatic heterocycles. The molecule has 0 amide bonds. The largest absolute Gasteiger partial charge is 0.497 e. The Morgan fingerprint density at radius 1 is 1.36 bits per heavy atom. The lowest BCUT2D eigenvalue weighted by Gasteiger charge is -2.19. The molecule has 2 nitrogen and oxygen atoms in total. The monoisotopic (exact) mass is 190 g/mol. The van der Waals surface area contributed by atoms with E-state index in [9.17, 15) is 0 Å². The summed E-state index contributed by atoms with van der Waals surface area (Å²) < 4.78 is 10.8. The van der Waals surface area contributed by atoms with Crippen LogP contribution in [0.3, 0.4) is 0 Å². The van der Waals surface area contributed by atoms with E-state index < -0.39 is 0 Å². The second-order valence-corrected chi connectivity index (χ2v) is 3.31. The fourth-order valence-corrected chi connectivity index (χ4v) is 1.60. The molecular formula is C12H14O2. The highest BCUT2D eigenvalue weighted by Crippen LogP contribution is 2.26. The molecule has 1 heterocycles. The molecule has 0 fully saturated rings. The van der Waals surface area contributed by atoms with Crippen molar-refractivity contribution in [1.29, 1.82) is 0 Å². The minimum absolute atomic E-state index is 0.190. The Balaban J connectivity index is 2.18. The van der Waals surface area contributed by atoms with Gasteiger partial charge in [0.15, 0.2) is 0 Å². The average molecular weight is 190 g/mol. The van der Waals surface area contributed by atoms with Crippen LogP contribution in [0.1, 0.15) is 18.1 Å². The van der Waals surface area contributed by atoms with E-state index in [1.54, 1.807) is 7.11 Å². The van der Waals surface area contributed by atoms with E-state index in [0.29, 0.717) is 6.61 Å². The Kier molecular flexibility index (Phi) is 2.84. The normalized spacial score (nSPS) is 20.8. The fraction of sp³-hybridized carbons (Fsp3) is 0.333. The van der Waals surface area contributed by atoms with Crippen molar-refractivity contribution in [3.05, 3.63) is 42.0 Å². The van der Waals surface area contributed by atoms with Gasteiger partial charge in [0, 0.05) is 0 Å². The van der Waals surface area contributed by atoms with Crippen LogP contribution >= 0.6 is 0 Å². The van der Waals surface area contributed by atoms with Crippen molar-refractivity contribution in [3.8, 4) is 5.75 Å². The van der Waals surface area contributed by atoms with Crippen molar-refractivity contribution in [3.63, 3.8) is 0 Å². The molecule has 0 bridgehead atoms. The molecule has 0 spiro atoms. The number of benzene rings is 1. The van der Waals surface area contributed by atoms with Gasteiger partial charge in [-0.1, -0.05) is 24.3 Å². The van der Waals surface area contributed by atoms with Gasteiger partial charge in [0.2, 0.25) is 0 Å². The van der Waals surface area contributed by atoms with Gasteiger partial charge in [-0.25, -0.2) is 0 Å². The lowest BCUT2D eigenvalue weighted by atomic mass is 10.0. The average Bonchev–Trinajstić information content (AvgIpc) is 2.30. The predicted molar refractivity (Wildman–Crippen MR) is 55.4 cm³/mol. The van der Waals surface area contributed by atoms with Crippen LogP contribution in [-0.4, -0.2) is 13.7 Å². The van der Waals surface area contributed by atoms with Gasteiger partial charge in [-0.3, -0.25) is 0 Å². The molecule has 1 aliphatic rings. The van der Waals surface area contributed by atoms with Crippen LogP contribution < -0.4 is 4.74 Å². The summed E-state index contributed by atoms with van der Waals surface area (Å²) in [4.78, 5) is 0. The van der Waals surface area contributed by atoms with E-state index in [-0.39, 0.29) is 6.10 Å². The maximum absolute atomic E-state index is 5.62. The third-order valence-corrected chi connectivity index (χ3v) is 2.38. The maximum Gasteiger partial charge on any atom is 0.119 e. The van der Waals surface area contributed by atoms with Gasteiger partial charge in [0.05, 0.1) is 19.8 Å².